The van der Waals surface area contributed by atoms with Gasteiger partial charge in [-0.25, -0.2) is 0 Å². The Morgan fingerprint density at radius 2 is 2.05 bits per heavy atom. The molecule has 0 aromatic heterocycles. The Morgan fingerprint density at radius 1 is 1.24 bits per heavy atom. The van der Waals surface area contributed by atoms with E-state index in [9.17, 15) is 4.79 Å². The summed E-state index contributed by atoms with van der Waals surface area (Å²) >= 11 is 0. The van der Waals surface area contributed by atoms with Gasteiger partial charge in [-0.1, -0.05) is 12.5 Å². The van der Waals surface area contributed by atoms with Crippen molar-refractivity contribution in [3.05, 3.63) is 29.3 Å². The first-order chi connectivity index (χ1) is 10.0. The third kappa shape index (κ3) is 3.07. The van der Waals surface area contributed by atoms with E-state index in [1.54, 1.807) is 0 Å². The van der Waals surface area contributed by atoms with E-state index in [1.807, 2.05) is 25.1 Å². The van der Waals surface area contributed by atoms with Crippen molar-refractivity contribution >= 4 is 5.91 Å². The lowest BCUT2D eigenvalue weighted by Gasteiger charge is -2.25. The summed E-state index contributed by atoms with van der Waals surface area (Å²) in [6, 6.07) is 6.34. The first kappa shape index (κ1) is 14.4. The van der Waals surface area contributed by atoms with Crippen LogP contribution >= 0.6 is 0 Å². The summed E-state index contributed by atoms with van der Waals surface area (Å²) in [6.45, 7) is 5.96. The minimum Gasteiger partial charge on any atom is -0.481 e. The van der Waals surface area contributed by atoms with Gasteiger partial charge in [-0.05, 0) is 75.1 Å². The smallest absolute Gasteiger partial charge is 0.261 e. The number of nitrogens with one attached hydrogen (secondary N) is 1. The van der Waals surface area contributed by atoms with Crippen molar-refractivity contribution in [2.75, 3.05) is 0 Å². The van der Waals surface area contributed by atoms with E-state index in [0.29, 0.717) is 12.0 Å². The van der Waals surface area contributed by atoms with E-state index in [4.69, 9.17) is 4.74 Å². The molecule has 114 valence electrons. The second-order valence-electron chi connectivity index (χ2n) is 6.80. The molecule has 2 saturated carbocycles. The molecule has 2 bridgehead atoms. The molecule has 4 atom stereocenters. The fourth-order valence-corrected chi connectivity index (χ4v) is 3.77. The van der Waals surface area contributed by atoms with E-state index in [2.05, 4.69) is 19.2 Å². The van der Waals surface area contributed by atoms with Crippen molar-refractivity contribution in [2.24, 2.45) is 11.8 Å². The van der Waals surface area contributed by atoms with Crippen LogP contribution in [0.25, 0.3) is 0 Å². The zero-order valence-electron chi connectivity index (χ0n) is 13.2. The molecule has 1 aromatic carbocycles. The van der Waals surface area contributed by atoms with Crippen LogP contribution < -0.4 is 10.1 Å². The highest BCUT2D eigenvalue weighted by atomic mass is 16.5. The number of fused-ring (bicyclic) bond motifs is 2. The summed E-state index contributed by atoms with van der Waals surface area (Å²) in [5.41, 5.74) is 2.43. The molecule has 1 amide bonds. The molecule has 0 aliphatic heterocycles. The average Bonchev–Trinajstić information content (AvgIpc) is 3.05. The Morgan fingerprint density at radius 3 is 2.67 bits per heavy atom. The van der Waals surface area contributed by atoms with Gasteiger partial charge in [0.05, 0.1) is 0 Å². The van der Waals surface area contributed by atoms with Gasteiger partial charge in [-0.2, -0.15) is 0 Å². The van der Waals surface area contributed by atoms with Crippen molar-refractivity contribution in [3.8, 4) is 5.75 Å². The monoisotopic (exact) mass is 287 g/mol. The third-order valence-electron chi connectivity index (χ3n) is 5.23. The van der Waals surface area contributed by atoms with Crippen LogP contribution in [0, 0.1) is 25.7 Å². The molecule has 3 heteroatoms. The summed E-state index contributed by atoms with van der Waals surface area (Å²) in [6.07, 6.45) is 4.66. The second-order valence-corrected chi connectivity index (χ2v) is 6.80. The predicted octanol–water partition coefficient (Wildman–Crippen LogP) is 3.38. The van der Waals surface area contributed by atoms with E-state index >= 15 is 0 Å². The lowest BCUT2D eigenvalue weighted by atomic mass is 9.95. The Bertz CT molecular complexity index is 540. The molecule has 0 saturated heterocycles. The van der Waals surface area contributed by atoms with Crippen LogP contribution in [0.4, 0.5) is 0 Å². The number of ether oxygens (including phenoxy) is 1. The molecule has 1 aromatic rings. The maximum atomic E-state index is 12.3. The largest absolute Gasteiger partial charge is 0.481 e. The molecule has 0 heterocycles. The highest BCUT2D eigenvalue weighted by Gasteiger charge is 2.40. The van der Waals surface area contributed by atoms with Crippen LogP contribution in [-0.2, 0) is 4.79 Å². The summed E-state index contributed by atoms with van der Waals surface area (Å²) in [5, 5.41) is 3.19. The minimum atomic E-state index is -0.439. The van der Waals surface area contributed by atoms with Crippen LogP contribution in [0.2, 0.25) is 0 Å². The Kier molecular flexibility index (Phi) is 3.92. The molecule has 2 aliphatic carbocycles. The van der Waals surface area contributed by atoms with Gasteiger partial charge in [-0.3, -0.25) is 4.79 Å². The first-order valence-corrected chi connectivity index (χ1v) is 8.07. The normalized spacial score (nSPS) is 28.4. The number of aryl methyl sites for hydroxylation is 2. The number of carbonyl (C=O) groups excluding carboxylic acids is 1. The lowest BCUT2D eigenvalue weighted by molar-refractivity contribution is -0.128. The SMILES string of the molecule is Cc1ccc(O[C@@H](C)C(=O)N[C@@H]2C[C@H]3CC[C@H]2C3)cc1C. The minimum absolute atomic E-state index is 0.0192. The number of amides is 1. The van der Waals surface area contributed by atoms with E-state index in [0.717, 1.165) is 18.1 Å². The van der Waals surface area contributed by atoms with Crippen molar-refractivity contribution in [1.29, 1.82) is 0 Å². The molecule has 0 spiro atoms. The second kappa shape index (κ2) is 5.70. The van der Waals surface area contributed by atoms with Crippen molar-refractivity contribution in [2.45, 2.75) is 58.6 Å². The van der Waals surface area contributed by atoms with Crippen LogP contribution in [0.3, 0.4) is 0 Å². The number of benzene rings is 1. The van der Waals surface area contributed by atoms with E-state index in [1.165, 1.54) is 30.4 Å². The van der Waals surface area contributed by atoms with Crippen molar-refractivity contribution in [3.63, 3.8) is 0 Å². The summed E-state index contributed by atoms with van der Waals surface area (Å²) < 4.78 is 5.79. The number of carbonyl (C=O) groups is 1. The highest BCUT2D eigenvalue weighted by molar-refractivity contribution is 5.81. The fourth-order valence-electron chi connectivity index (χ4n) is 3.77. The van der Waals surface area contributed by atoms with E-state index in [-0.39, 0.29) is 5.91 Å². The molecule has 2 fully saturated rings. The van der Waals surface area contributed by atoms with Gasteiger partial charge in [0.25, 0.3) is 5.91 Å². The molecule has 0 unspecified atom stereocenters. The Labute approximate surface area is 127 Å². The Balaban J connectivity index is 1.56. The quantitative estimate of drug-likeness (QED) is 0.922. The molecule has 3 rings (SSSR count). The summed E-state index contributed by atoms with van der Waals surface area (Å²) in [4.78, 5) is 12.3. The van der Waals surface area contributed by atoms with Crippen molar-refractivity contribution < 1.29 is 9.53 Å². The summed E-state index contributed by atoms with van der Waals surface area (Å²) in [7, 11) is 0. The van der Waals surface area contributed by atoms with Gasteiger partial charge >= 0.3 is 0 Å². The predicted molar refractivity (Wildman–Crippen MR) is 83.4 cm³/mol. The van der Waals surface area contributed by atoms with Crippen LogP contribution in [0.15, 0.2) is 18.2 Å². The third-order valence-corrected chi connectivity index (χ3v) is 5.23. The van der Waals surface area contributed by atoms with Gasteiger partial charge in [0, 0.05) is 6.04 Å². The molecule has 3 nitrogen and oxygen atoms in total. The first-order valence-electron chi connectivity index (χ1n) is 8.07. The van der Waals surface area contributed by atoms with Crippen LogP contribution in [-0.4, -0.2) is 18.1 Å². The standard InChI is InChI=1S/C18H25NO2/c1-11-4-7-16(8-12(11)2)21-13(3)18(20)19-17-10-14-5-6-15(17)9-14/h4,7-8,13-15,17H,5-6,9-10H2,1-3H3,(H,19,20)/t13-,14-,15-,17+/m0/s1. The zero-order valence-corrected chi connectivity index (χ0v) is 13.2. The Hall–Kier alpha value is -1.51. The lowest BCUT2D eigenvalue weighted by Crippen LogP contribution is -2.44. The average molecular weight is 287 g/mol. The van der Waals surface area contributed by atoms with E-state index < -0.39 is 6.10 Å². The number of hydrogen-bond donors (Lipinski definition) is 1. The molecule has 21 heavy (non-hydrogen) atoms. The highest BCUT2D eigenvalue weighted by Crippen LogP contribution is 2.44. The van der Waals surface area contributed by atoms with Gasteiger partial charge in [0.1, 0.15) is 5.75 Å². The maximum Gasteiger partial charge on any atom is 0.261 e. The molecule has 1 N–H and O–H groups in total. The van der Waals surface area contributed by atoms with Gasteiger partial charge in [-0.15, -0.1) is 0 Å². The molecular formula is C18H25NO2. The van der Waals surface area contributed by atoms with Crippen molar-refractivity contribution in [1.82, 2.24) is 5.32 Å². The molecular weight excluding hydrogens is 262 g/mol. The fraction of sp³-hybridized carbons (Fsp3) is 0.611. The number of hydrogen-bond acceptors (Lipinski definition) is 2. The molecule has 2 aliphatic rings. The van der Waals surface area contributed by atoms with Crippen LogP contribution in [0.5, 0.6) is 5.75 Å². The zero-order chi connectivity index (χ0) is 15.0. The van der Waals surface area contributed by atoms with Gasteiger partial charge in [0.15, 0.2) is 6.10 Å². The molecule has 0 radical (unpaired) electrons. The van der Waals surface area contributed by atoms with Gasteiger partial charge in [0.2, 0.25) is 0 Å². The number of rotatable bonds is 4. The topological polar surface area (TPSA) is 38.3 Å². The van der Waals surface area contributed by atoms with Gasteiger partial charge < -0.3 is 10.1 Å². The maximum absolute atomic E-state index is 12.3. The summed E-state index contributed by atoms with van der Waals surface area (Å²) in [5.74, 6) is 2.34. The van der Waals surface area contributed by atoms with Crippen LogP contribution in [0.1, 0.15) is 43.7 Å².